The SMILES string of the molecule is CC(C)n1cncc1CNc1c(F)cccc1Br. The monoisotopic (exact) mass is 311 g/mol. The summed E-state index contributed by atoms with van der Waals surface area (Å²) in [5.41, 5.74) is 1.51. The molecule has 18 heavy (non-hydrogen) atoms. The third-order valence-electron chi connectivity index (χ3n) is 2.71. The maximum atomic E-state index is 13.6. The van der Waals surface area contributed by atoms with Crippen LogP contribution in [0.3, 0.4) is 0 Å². The maximum Gasteiger partial charge on any atom is 0.147 e. The van der Waals surface area contributed by atoms with E-state index in [1.165, 1.54) is 6.07 Å². The number of rotatable bonds is 4. The van der Waals surface area contributed by atoms with Gasteiger partial charge in [0.25, 0.3) is 0 Å². The van der Waals surface area contributed by atoms with Crippen molar-refractivity contribution in [3.63, 3.8) is 0 Å². The number of hydrogen-bond acceptors (Lipinski definition) is 2. The molecule has 1 aromatic heterocycles. The molecule has 0 unspecified atom stereocenters. The van der Waals surface area contributed by atoms with Crippen molar-refractivity contribution in [2.24, 2.45) is 0 Å². The normalized spacial score (nSPS) is 10.9. The van der Waals surface area contributed by atoms with Crippen LogP contribution in [0.15, 0.2) is 35.2 Å². The number of para-hydroxylation sites is 1. The van der Waals surface area contributed by atoms with Gasteiger partial charge in [-0.3, -0.25) is 0 Å². The molecule has 0 spiro atoms. The molecule has 0 aliphatic rings. The van der Waals surface area contributed by atoms with Gasteiger partial charge in [0.2, 0.25) is 0 Å². The van der Waals surface area contributed by atoms with E-state index in [4.69, 9.17) is 0 Å². The molecule has 0 saturated heterocycles. The van der Waals surface area contributed by atoms with E-state index in [9.17, 15) is 4.39 Å². The van der Waals surface area contributed by atoms with Gasteiger partial charge in [0.05, 0.1) is 24.3 Å². The molecule has 1 aromatic carbocycles. The minimum absolute atomic E-state index is 0.264. The van der Waals surface area contributed by atoms with Gasteiger partial charge in [0.1, 0.15) is 5.82 Å². The Kier molecular flexibility index (Phi) is 4.01. The van der Waals surface area contributed by atoms with Crippen LogP contribution in [0.4, 0.5) is 10.1 Å². The number of nitrogens with one attached hydrogen (secondary N) is 1. The standard InChI is InChI=1S/C13H15BrFN3/c1-9(2)18-8-16-6-10(18)7-17-13-11(14)4-3-5-12(13)15/h3-6,8-9,17H,7H2,1-2H3. The predicted molar refractivity (Wildman–Crippen MR) is 74.0 cm³/mol. The van der Waals surface area contributed by atoms with Gasteiger partial charge in [-0.2, -0.15) is 0 Å². The van der Waals surface area contributed by atoms with E-state index < -0.39 is 0 Å². The van der Waals surface area contributed by atoms with Gasteiger partial charge in [-0.05, 0) is 41.9 Å². The molecule has 1 heterocycles. The van der Waals surface area contributed by atoms with Crippen LogP contribution >= 0.6 is 15.9 Å². The molecule has 0 amide bonds. The summed E-state index contributed by atoms with van der Waals surface area (Å²) in [6.07, 6.45) is 3.58. The summed E-state index contributed by atoms with van der Waals surface area (Å²) < 4.78 is 16.4. The fourth-order valence-electron chi connectivity index (χ4n) is 1.78. The van der Waals surface area contributed by atoms with E-state index in [0.29, 0.717) is 18.3 Å². The number of nitrogens with zero attached hydrogens (tertiary/aromatic N) is 2. The van der Waals surface area contributed by atoms with E-state index in [1.54, 1.807) is 18.6 Å². The topological polar surface area (TPSA) is 29.9 Å². The zero-order chi connectivity index (χ0) is 13.1. The van der Waals surface area contributed by atoms with Crippen molar-refractivity contribution in [3.8, 4) is 0 Å². The average molecular weight is 312 g/mol. The van der Waals surface area contributed by atoms with Crippen molar-refractivity contribution < 1.29 is 4.39 Å². The van der Waals surface area contributed by atoms with Crippen LogP contribution in [0.25, 0.3) is 0 Å². The molecular formula is C13H15BrFN3. The van der Waals surface area contributed by atoms with Gasteiger partial charge in [0, 0.05) is 16.7 Å². The van der Waals surface area contributed by atoms with Crippen LogP contribution in [-0.2, 0) is 6.54 Å². The molecule has 96 valence electrons. The second kappa shape index (κ2) is 5.52. The highest BCUT2D eigenvalue weighted by Crippen LogP contribution is 2.25. The van der Waals surface area contributed by atoms with E-state index in [1.807, 2.05) is 6.07 Å². The van der Waals surface area contributed by atoms with Gasteiger partial charge in [-0.15, -0.1) is 0 Å². The highest BCUT2D eigenvalue weighted by molar-refractivity contribution is 9.10. The van der Waals surface area contributed by atoms with Crippen molar-refractivity contribution >= 4 is 21.6 Å². The first-order chi connectivity index (χ1) is 8.59. The summed E-state index contributed by atoms with van der Waals surface area (Å²) in [6.45, 7) is 4.71. The Morgan fingerprint density at radius 3 is 2.89 bits per heavy atom. The summed E-state index contributed by atoms with van der Waals surface area (Å²) >= 11 is 3.33. The lowest BCUT2D eigenvalue weighted by Crippen LogP contribution is -2.09. The molecule has 2 rings (SSSR count). The molecule has 0 fully saturated rings. The fraction of sp³-hybridized carbons (Fsp3) is 0.308. The van der Waals surface area contributed by atoms with Crippen molar-refractivity contribution in [3.05, 3.63) is 46.7 Å². The van der Waals surface area contributed by atoms with Gasteiger partial charge >= 0.3 is 0 Å². The Balaban J connectivity index is 2.14. The first-order valence-corrected chi connectivity index (χ1v) is 6.57. The number of halogens is 2. The van der Waals surface area contributed by atoms with Crippen molar-refractivity contribution in [2.75, 3.05) is 5.32 Å². The molecule has 0 atom stereocenters. The second-order valence-corrected chi connectivity index (χ2v) is 5.19. The zero-order valence-electron chi connectivity index (χ0n) is 10.3. The molecule has 1 N–H and O–H groups in total. The van der Waals surface area contributed by atoms with Crippen LogP contribution in [0.5, 0.6) is 0 Å². The number of imidazole rings is 1. The molecule has 5 heteroatoms. The van der Waals surface area contributed by atoms with Crippen LogP contribution in [0.1, 0.15) is 25.6 Å². The minimum atomic E-state index is -0.264. The van der Waals surface area contributed by atoms with Crippen molar-refractivity contribution in [2.45, 2.75) is 26.4 Å². The molecule has 0 bridgehead atoms. The van der Waals surface area contributed by atoms with Crippen LogP contribution < -0.4 is 5.32 Å². The Bertz CT molecular complexity index is 517. The molecular weight excluding hydrogens is 297 g/mol. The molecule has 0 saturated carbocycles. The molecule has 0 radical (unpaired) electrons. The number of benzene rings is 1. The maximum absolute atomic E-state index is 13.6. The minimum Gasteiger partial charge on any atom is -0.376 e. The van der Waals surface area contributed by atoms with Gasteiger partial charge in [-0.1, -0.05) is 6.07 Å². The average Bonchev–Trinajstić information content (AvgIpc) is 2.76. The predicted octanol–water partition coefficient (Wildman–Crippen LogP) is 3.98. The lowest BCUT2D eigenvalue weighted by atomic mass is 10.3. The van der Waals surface area contributed by atoms with Crippen molar-refractivity contribution in [1.29, 1.82) is 0 Å². The van der Waals surface area contributed by atoms with E-state index in [2.05, 4.69) is 44.6 Å². The van der Waals surface area contributed by atoms with Gasteiger partial charge in [0.15, 0.2) is 0 Å². The molecule has 2 aromatic rings. The summed E-state index contributed by atoms with van der Waals surface area (Å²) in [4.78, 5) is 4.12. The zero-order valence-corrected chi connectivity index (χ0v) is 11.9. The Hall–Kier alpha value is -1.36. The Morgan fingerprint density at radius 2 is 2.22 bits per heavy atom. The first-order valence-electron chi connectivity index (χ1n) is 5.78. The van der Waals surface area contributed by atoms with Gasteiger partial charge in [-0.25, -0.2) is 9.37 Å². The molecule has 0 aliphatic heterocycles. The van der Waals surface area contributed by atoms with E-state index in [-0.39, 0.29) is 5.82 Å². The van der Waals surface area contributed by atoms with Crippen LogP contribution in [0.2, 0.25) is 0 Å². The lowest BCUT2D eigenvalue weighted by Gasteiger charge is -2.14. The Morgan fingerprint density at radius 1 is 1.44 bits per heavy atom. The van der Waals surface area contributed by atoms with Crippen LogP contribution in [0, 0.1) is 5.82 Å². The summed E-state index contributed by atoms with van der Waals surface area (Å²) in [7, 11) is 0. The van der Waals surface area contributed by atoms with Crippen LogP contribution in [-0.4, -0.2) is 9.55 Å². The third-order valence-corrected chi connectivity index (χ3v) is 3.37. The quantitative estimate of drug-likeness (QED) is 0.925. The highest BCUT2D eigenvalue weighted by Gasteiger charge is 2.08. The largest absolute Gasteiger partial charge is 0.376 e. The number of aromatic nitrogens is 2. The second-order valence-electron chi connectivity index (χ2n) is 4.34. The summed E-state index contributed by atoms with van der Waals surface area (Å²) in [5.74, 6) is -0.264. The Labute approximate surface area is 114 Å². The summed E-state index contributed by atoms with van der Waals surface area (Å²) in [6, 6.07) is 5.26. The lowest BCUT2D eigenvalue weighted by molar-refractivity contribution is 0.576. The summed E-state index contributed by atoms with van der Waals surface area (Å²) in [5, 5.41) is 3.10. The van der Waals surface area contributed by atoms with E-state index >= 15 is 0 Å². The third kappa shape index (κ3) is 2.72. The molecule has 0 aliphatic carbocycles. The first kappa shape index (κ1) is 13.1. The fourth-order valence-corrected chi connectivity index (χ4v) is 2.26. The van der Waals surface area contributed by atoms with Crippen molar-refractivity contribution in [1.82, 2.24) is 9.55 Å². The van der Waals surface area contributed by atoms with Gasteiger partial charge < -0.3 is 9.88 Å². The van der Waals surface area contributed by atoms with E-state index in [0.717, 1.165) is 10.2 Å². The number of hydrogen-bond donors (Lipinski definition) is 1. The highest BCUT2D eigenvalue weighted by atomic mass is 79.9. The number of anilines is 1. The smallest absolute Gasteiger partial charge is 0.147 e. The molecule has 3 nitrogen and oxygen atoms in total.